The monoisotopic (exact) mass is 1490 g/mol. The molecule has 13 aromatic rings. The van der Waals surface area contributed by atoms with Crippen molar-refractivity contribution in [2.24, 2.45) is 0 Å². The van der Waals surface area contributed by atoms with Gasteiger partial charge in [-0.25, -0.2) is 15.0 Å². The molecule has 6 nitrogen and oxygen atoms in total. The number of nitrogens with zero attached hydrogens (tertiary/aromatic N) is 6. The molecule has 0 atom stereocenters. The normalized spacial score (nSPS) is 12.7. The van der Waals surface area contributed by atoms with Crippen molar-refractivity contribution in [3.63, 3.8) is 0 Å². The number of rotatable bonds is 18. The van der Waals surface area contributed by atoms with E-state index in [1.54, 1.807) is 197 Å². The first-order chi connectivity index (χ1) is 51.4. The van der Waals surface area contributed by atoms with Gasteiger partial charge in [-0.05, 0) is 143 Å². The van der Waals surface area contributed by atoms with E-state index in [9.17, 15) is 0 Å². The lowest BCUT2D eigenvalue weighted by atomic mass is 9.72. The average Bonchev–Trinajstić information content (AvgIpc) is 0.725. The third-order valence-corrected chi connectivity index (χ3v) is 18.7. The van der Waals surface area contributed by atoms with Crippen LogP contribution >= 0.6 is 0 Å². The van der Waals surface area contributed by atoms with Crippen molar-refractivity contribution in [3.05, 3.63) is 361 Å². The first-order valence-electron chi connectivity index (χ1n) is 32.9. The van der Waals surface area contributed by atoms with E-state index in [0.29, 0.717) is 107 Å². The second-order valence-electron chi connectivity index (χ2n) is 24.9. The van der Waals surface area contributed by atoms with Crippen LogP contribution < -0.4 is 14.7 Å². The highest BCUT2D eigenvalue weighted by atomic mass is 19.4. The molecule has 0 aliphatic carbocycles. The summed E-state index contributed by atoms with van der Waals surface area (Å²) < 4.78 is 286. The number of halogens is 18. The number of para-hydroxylation sites is 6. The van der Waals surface area contributed by atoms with Crippen LogP contribution in [0.2, 0.25) is 0 Å². The largest absolute Gasteiger partial charge is 0.411 e. The van der Waals surface area contributed by atoms with Gasteiger partial charge in [0.2, 0.25) is 16.2 Å². The minimum atomic E-state index is -6.14. The van der Waals surface area contributed by atoms with E-state index >= 15 is 79.0 Å². The molecule has 0 aliphatic heterocycles. The van der Waals surface area contributed by atoms with Crippen molar-refractivity contribution in [3.8, 4) is 34.2 Å². The number of aromatic nitrogens is 3. The van der Waals surface area contributed by atoms with Crippen molar-refractivity contribution < 1.29 is 79.0 Å². The van der Waals surface area contributed by atoms with Crippen LogP contribution in [0.4, 0.5) is 130 Å². The highest BCUT2D eigenvalue weighted by Gasteiger charge is 2.75. The summed E-state index contributed by atoms with van der Waals surface area (Å²) in [6.07, 6.45) is -36.9. The fourth-order valence-corrected chi connectivity index (χ4v) is 13.7. The van der Waals surface area contributed by atoms with E-state index in [-0.39, 0.29) is 17.1 Å². The Morgan fingerprint density at radius 1 is 0.157 bits per heavy atom. The smallest absolute Gasteiger partial charge is 0.311 e. The highest BCUT2D eigenvalue weighted by Crippen LogP contribution is 2.60. The van der Waals surface area contributed by atoms with Gasteiger partial charge < -0.3 is 14.7 Å². The number of alkyl halides is 18. The summed E-state index contributed by atoms with van der Waals surface area (Å²) in [6.45, 7) is 0. The Balaban J connectivity index is 0.933. The first-order valence-corrected chi connectivity index (χ1v) is 32.9. The molecular weight excluding hydrogens is 1430 g/mol. The summed E-state index contributed by atoms with van der Waals surface area (Å²) in [5.74, 6) is -2.03. The molecule has 12 aromatic carbocycles. The molecule has 0 bridgehead atoms. The molecule has 0 N–H and O–H groups in total. The van der Waals surface area contributed by atoms with Gasteiger partial charge in [0.1, 0.15) is 0 Å². The van der Waals surface area contributed by atoms with Gasteiger partial charge in [-0.1, -0.05) is 218 Å². The maximum Gasteiger partial charge on any atom is 0.411 e. The maximum atomic E-state index is 15.9. The molecule has 0 spiro atoms. The SMILES string of the molecule is FC(F)(F)C(c1ccc(-c2nc(-c3ccc(C(c4ccc(N(c5ccccc5)c5ccccc5)cc4)(C(F)(F)F)C(F)(F)F)cc3)nc(-c3ccc(C(c4ccc(N(c5ccccc5)c5ccccc5)cc4)(C(F)(F)F)C(F)(F)F)cc3)n2)cc1)(c1ccc(N(c2ccccc2)c2ccccc2)cc1)C(F)(F)F. The molecule has 0 saturated carbocycles. The Bertz CT molecular complexity index is 4490. The van der Waals surface area contributed by atoms with E-state index in [2.05, 4.69) is 15.0 Å². The molecule has 546 valence electrons. The van der Waals surface area contributed by atoms with Crippen molar-refractivity contribution >= 4 is 51.2 Å². The van der Waals surface area contributed by atoms with E-state index in [1.165, 1.54) is 0 Å². The Kier molecular flexibility index (Phi) is 19.6. The maximum absolute atomic E-state index is 15.9. The number of benzene rings is 12. The fourth-order valence-electron chi connectivity index (χ4n) is 13.7. The van der Waals surface area contributed by atoms with Crippen LogP contribution in [-0.2, 0) is 16.2 Å². The highest BCUT2D eigenvalue weighted by molar-refractivity contribution is 5.80. The Morgan fingerprint density at radius 3 is 0.426 bits per heavy atom. The Hall–Kier alpha value is -12.2. The molecule has 108 heavy (non-hydrogen) atoms. The first kappa shape index (κ1) is 74.1. The second-order valence-corrected chi connectivity index (χ2v) is 24.9. The summed E-state index contributed by atoms with van der Waals surface area (Å²) in [5.41, 5.74) is -20.1. The Morgan fingerprint density at radius 2 is 0.287 bits per heavy atom. The lowest BCUT2D eigenvalue weighted by molar-refractivity contribution is -0.290. The number of anilines is 9. The van der Waals surface area contributed by atoms with Crippen LogP contribution in [0.3, 0.4) is 0 Å². The van der Waals surface area contributed by atoms with Crippen molar-refractivity contribution in [2.75, 3.05) is 14.7 Å². The van der Waals surface area contributed by atoms with Crippen molar-refractivity contribution in [2.45, 2.75) is 53.3 Å². The molecular formula is C84H54F18N6. The molecule has 0 saturated heterocycles. The second kappa shape index (κ2) is 28.6. The van der Waals surface area contributed by atoms with Gasteiger partial charge in [-0.3, -0.25) is 0 Å². The topological polar surface area (TPSA) is 48.4 Å². The average molecular weight is 1490 g/mol. The zero-order valence-electron chi connectivity index (χ0n) is 55.7. The molecule has 1 aromatic heterocycles. The molecule has 13 rings (SSSR count). The van der Waals surface area contributed by atoms with E-state index < -0.39 is 121 Å². The van der Waals surface area contributed by atoms with Gasteiger partial charge in [0, 0.05) is 67.9 Å². The predicted molar refractivity (Wildman–Crippen MR) is 378 cm³/mol. The molecule has 0 fully saturated rings. The van der Waals surface area contributed by atoms with E-state index in [1.807, 2.05) is 0 Å². The van der Waals surface area contributed by atoms with Crippen LogP contribution in [0.5, 0.6) is 0 Å². The van der Waals surface area contributed by atoms with Crippen molar-refractivity contribution in [1.82, 2.24) is 15.0 Å². The van der Waals surface area contributed by atoms with Crippen LogP contribution in [0, 0.1) is 0 Å². The summed E-state index contributed by atoms with van der Waals surface area (Å²) in [6, 6.07) is 68.2. The molecule has 1 heterocycles. The van der Waals surface area contributed by atoms with Gasteiger partial charge in [0.05, 0.1) is 0 Å². The minimum absolute atomic E-state index is 0.163. The molecule has 24 heteroatoms. The van der Waals surface area contributed by atoms with E-state index in [4.69, 9.17) is 0 Å². The van der Waals surface area contributed by atoms with Crippen LogP contribution in [0.1, 0.15) is 33.4 Å². The zero-order valence-corrected chi connectivity index (χ0v) is 55.7. The number of hydrogen-bond acceptors (Lipinski definition) is 6. The zero-order chi connectivity index (χ0) is 76.7. The molecule has 0 amide bonds. The van der Waals surface area contributed by atoms with Gasteiger partial charge in [-0.15, -0.1) is 0 Å². The van der Waals surface area contributed by atoms with Crippen molar-refractivity contribution in [1.29, 1.82) is 0 Å². The lowest BCUT2D eigenvalue weighted by Crippen LogP contribution is -2.54. The minimum Gasteiger partial charge on any atom is -0.311 e. The van der Waals surface area contributed by atoms with Gasteiger partial charge >= 0.3 is 37.1 Å². The summed E-state index contributed by atoms with van der Waals surface area (Å²) in [4.78, 5) is 17.8. The third kappa shape index (κ3) is 13.4. The van der Waals surface area contributed by atoms with Gasteiger partial charge in [-0.2, -0.15) is 79.0 Å². The van der Waals surface area contributed by atoms with Crippen LogP contribution in [0.25, 0.3) is 34.2 Å². The molecule has 0 unspecified atom stereocenters. The number of hydrogen-bond donors (Lipinski definition) is 0. The Labute approximate surface area is 605 Å². The molecule has 0 aliphatic rings. The third-order valence-electron chi connectivity index (χ3n) is 18.7. The summed E-state index contributed by atoms with van der Waals surface area (Å²) in [7, 11) is 0. The molecule has 0 radical (unpaired) electrons. The standard InChI is InChI=1S/C84H54F18N6/c85-79(86,87)76(80(88,89)90,61-43-49-70(50-44-61)106(64-19-7-1-8-20-64)65-21-9-2-10-22-65)58-37-31-55(32-38-58)73-103-74(56-33-39-59(40-34-56)77(81(91,92)93,82(94,95)96)62-45-51-71(52-46-62)107(66-23-11-3-12-24-66)67-25-13-4-14-26-67)105-75(104-73)57-35-41-60(42-36-57)78(83(97,98)99,84(100,101)102)63-47-53-72(54-48-63)108(68-27-15-5-16-28-68)69-29-17-6-18-30-69/h1-54H. The van der Waals surface area contributed by atoms with E-state index in [0.717, 1.165) is 72.8 Å². The van der Waals surface area contributed by atoms with Crippen LogP contribution in [-0.4, -0.2) is 52.0 Å². The predicted octanol–water partition coefficient (Wildman–Crippen LogP) is 25.5. The van der Waals surface area contributed by atoms with Crippen LogP contribution in [0.15, 0.2) is 328 Å². The van der Waals surface area contributed by atoms with Gasteiger partial charge in [0.15, 0.2) is 17.5 Å². The lowest BCUT2D eigenvalue weighted by Gasteiger charge is -2.38. The summed E-state index contributed by atoms with van der Waals surface area (Å²) >= 11 is 0. The van der Waals surface area contributed by atoms with Gasteiger partial charge in [0.25, 0.3) is 0 Å². The summed E-state index contributed by atoms with van der Waals surface area (Å²) in [5, 5.41) is 0. The quantitative estimate of drug-likeness (QED) is 0.0798. The fraction of sp³-hybridized carbons (Fsp3) is 0.107.